The molecular weight excluding hydrogens is 332 g/mol. The summed E-state index contributed by atoms with van der Waals surface area (Å²) in [4.78, 5) is 0. The maximum atomic E-state index is 5.93. The highest BCUT2D eigenvalue weighted by molar-refractivity contribution is 4.73. The van der Waals surface area contributed by atoms with Crippen LogP contribution in [0.4, 0.5) is 0 Å². The summed E-state index contributed by atoms with van der Waals surface area (Å²) in [5.41, 5.74) is 0. The van der Waals surface area contributed by atoms with Gasteiger partial charge in [0.2, 0.25) is 0 Å². The Balaban J connectivity index is 1.79. The van der Waals surface area contributed by atoms with E-state index < -0.39 is 0 Å². The molecule has 2 heteroatoms. The van der Waals surface area contributed by atoms with E-state index in [1.165, 1.54) is 116 Å². The van der Waals surface area contributed by atoms with Crippen molar-refractivity contribution < 1.29 is 9.47 Å². The highest BCUT2D eigenvalue weighted by Crippen LogP contribution is 2.25. The van der Waals surface area contributed by atoms with Gasteiger partial charge in [-0.1, -0.05) is 110 Å². The molecule has 162 valence electrons. The third-order valence-corrected chi connectivity index (χ3v) is 6.08. The smallest absolute Gasteiger partial charge is 0.0812 e. The van der Waals surface area contributed by atoms with E-state index in [1.807, 2.05) is 0 Å². The van der Waals surface area contributed by atoms with E-state index in [0.29, 0.717) is 6.10 Å². The van der Waals surface area contributed by atoms with Gasteiger partial charge in [-0.05, 0) is 25.2 Å². The van der Waals surface area contributed by atoms with Gasteiger partial charge in [-0.15, -0.1) is 0 Å². The largest absolute Gasteiger partial charge is 0.379 e. The number of unbranched alkanes of at least 4 members (excludes halogenated alkanes) is 14. The Morgan fingerprint density at radius 1 is 0.667 bits per heavy atom. The van der Waals surface area contributed by atoms with Crippen LogP contribution in [0.3, 0.4) is 0 Å². The van der Waals surface area contributed by atoms with Gasteiger partial charge in [0.15, 0.2) is 0 Å². The van der Waals surface area contributed by atoms with Crippen molar-refractivity contribution in [3.05, 3.63) is 0 Å². The van der Waals surface area contributed by atoms with Gasteiger partial charge in [-0.2, -0.15) is 0 Å². The molecule has 0 amide bonds. The van der Waals surface area contributed by atoms with Crippen LogP contribution in [0.1, 0.15) is 129 Å². The van der Waals surface area contributed by atoms with Crippen molar-refractivity contribution in [2.45, 2.75) is 136 Å². The van der Waals surface area contributed by atoms with Crippen LogP contribution in [-0.4, -0.2) is 25.9 Å². The fourth-order valence-corrected chi connectivity index (χ4v) is 4.22. The predicted molar refractivity (Wildman–Crippen MR) is 119 cm³/mol. The van der Waals surface area contributed by atoms with Crippen LogP contribution in [0.15, 0.2) is 0 Å². The molecule has 1 heterocycles. The third kappa shape index (κ3) is 15.5. The van der Waals surface area contributed by atoms with Gasteiger partial charge in [0.25, 0.3) is 0 Å². The minimum atomic E-state index is 0.374. The summed E-state index contributed by atoms with van der Waals surface area (Å²) < 4.78 is 11.7. The predicted octanol–water partition coefficient (Wildman–Crippen LogP) is 8.08. The van der Waals surface area contributed by atoms with E-state index >= 15 is 0 Å². The molecule has 0 aromatic rings. The lowest BCUT2D eigenvalue weighted by Gasteiger charge is -2.10. The summed E-state index contributed by atoms with van der Waals surface area (Å²) in [6.07, 6.45) is 25.4. The van der Waals surface area contributed by atoms with Gasteiger partial charge >= 0.3 is 0 Å². The molecule has 27 heavy (non-hydrogen) atoms. The molecule has 1 aliphatic heterocycles. The van der Waals surface area contributed by atoms with E-state index in [2.05, 4.69) is 13.8 Å². The first-order chi connectivity index (χ1) is 13.4. The van der Waals surface area contributed by atoms with E-state index in [4.69, 9.17) is 9.47 Å². The average molecular weight is 383 g/mol. The minimum Gasteiger partial charge on any atom is -0.379 e. The zero-order valence-electron chi connectivity index (χ0n) is 18.8. The summed E-state index contributed by atoms with van der Waals surface area (Å²) >= 11 is 0. The Morgan fingerprint density at radius 2 is 1.19 bits per heavy atom. The van der Waals surface area contributed by atoms with Crippen molar-refractivity contribution in [1.29, 1.82) is 0 Å². The molecule has 0 aliphatic carbocycles. The highest BCUT2D eigenvalue weighted by Gasteiger charge is 2.24. The first kappa shape index (κ1) is 25.0. The maximum Gasteiger partial charge on any atom is 0.0812 e. The van der Waals surface area contributed by atoms with E-state index in [9.17, 15) is 0 Å². The normalized spacial score (nSPS) is 19.8. The van der Waals surface area contributed by atoms with Crippen LogP contribution in [0.2, 0.25) is 0 Å². The molecule has 0 bridgehead atoms. The summed E-state index contributed by atoms with van der Waals surface area (Å²) in [6, 6.07) is 0. The second-order valence-electron chi connectivity index (χ2n) is 8.87. The van der Waals surface area contributed by atoms with Gasteiger partial charge in [0.05, 0.1) is 12.7 Å². The second-order valence-corrected chi connectivity index (χ2v) is 8.87. The molecule has 1 saturated heterocycles. The van der Waals surface area contributed by atoms with Crippen molar-refractivity contribution in [3.8, 4) is 0 Å². The topological polar surface area (TPSA) is 18.5 Å². The first-order valence-electron chi connectivity index (χ1n) is 12.6. The first-order valence-corrected chi connectivity index (χ1v) is 12.6. The molecule has 0 aromatic heterocycles. The average Bonchev–Trinajstić information content (AvgIpc) is 3.13. The van der Waals surface area contributed by atoms with Crippen molar-refractivity contribution in [2.24, 2.45) is 5.92 Å². The third-order valence-electron chi connectivity index (χ3n) is 6.08. The quantitative estimate of drug-likeness (QED) is 0.198. The van der Waals surface area contributed by atoms with E-state index in [-0.39, 0.29) is 0 Å². The molecule has 0 saturated carbocycles. The Hall–Kier alpha value is -0.0800. The van der Waals surface area contributed by atoms with Crippen molar-refractivity contribution in [1.82, 2.24) is 0 Å². The van der Waals surface area contributed by atoms with Crippen molar-refractivity contribution in [2.75, 3.05) is 19.8 Å². The van der Waals surface area contributed by atoms with Crippen LogP contribution in [0.5, 0.6) is 0 Å². The molecule has 2 nitrogen and oxygen atoms in total. The monoisotopic (exact) mass is 382 g/mol. The molecule has 1 aliphatic rings. The molecule has 0 aromatic carbocycles. The zero-order valence-corrected chi connectivity index (χ0v) is 18.8. The van der Waals surface area contributed by atoms with Crippen LogP contribution in [0, 0.1) is 5.92 Å². The molecular formula is C25H50O2. The Labute approximate surface area is 171 Å². The second kappa shape index (κ2) is 19.2. The molecule has 1 rings (SSSR count). The highest BCUT2D eigenvalue weighted by atomic mass is 16.5. The van der Waals surface area contributed by atoms with Crippen LogP contribution < -0.4 is 0 Å². The van der Waals surface area contributed by atoms with Crippen LogP contribution in [0.25, 0.3) is 0 Å². The Bertz CT molecular complexity index is 292. The number of ether oxygens (including phenoxy) is 2. The van der Waals surface area contributed by atoms with Crippen molar-refractivity contribution >= 4 is 0 Å². The van der Waals surface area contributed by atoms with Crippen LogP contribution in [-0.2, 0) is 9.47 Å². The summed E-state index contributed by atoms with van der Waals surface area (Å²) in [5.74, 6) is 0.793. The van der Waals surface area contributed by atoms with E-state index in [0.717, 1.165) is 25.7 Å². The van der Waals surface area contributed by atoms with Gasteiger partial charge in [-0.3, -0.25) is 0 Å². The fraction of sp³-hybridized carbons (Fsp3) is 1.00. The van der Waals surface area contributed by atoms with Crippen LogP contribution >= 0.6 is 0 Å². The molecule has 2 unspecified atom stereocenters. The molecule has 2 atom stereocenters. The fourth-order valence-electron chi connectivity index (χ4n) is 4.22. The summed E-state index contributed by atoms with van der Waals surface area (Å²) in [6.45, 7) is 7.26. The van der Waals surface area contributed by atoms with Gasteiger partial charge < -0.3 is 9.47 Å². The molecule has 1 fully saturated rings. The molecule has 0 radical (unpaired) electrons. The lowest BCUT2D eigenvalue weighted by molar-refractivity contribution is 0.0153. The van der Waals surface area contributed by atoms with E-state index in [1.54, 1.807) is 0 Å². The standard InChI is InChI=1S/C25H50O2/c1-3-5-7-9-10-11-12-13-14-15-16-17-19-24-21-25(27-22-24)23-26-20-18-8-6-4-2/h24-25H,3-23H2,1-2H3. The summed E-state index contributed by atoms with van der Waals surface area (Å²) in [7, 11) is 0. The Morgan fingerprint density at radius 3 is 1.78 bits per heavy atom. The van der Waals surface area contributed by atoms with Gasteiger partial charge in [0, 0.05) is 13.2 Å². The van der Waals surface area contributed by atoms with Crippen molar-refractivity contribution in [3.63, 3.8) is 0 Å². The number of rotatable bonds is 20. The summed E-state index contributed by atoms with van der Waals surface area (Å²) in [5, 5.41) is 0. The minimum absolute atomic E-state index is 0.374. The lowest BCUT2D eigenvalue weighted by atomic mass is 9.97. The zero-order chi connectivity index (χ0) is 19.4. The lowest BCUT2D eigenvalue weighted by Crippen LogP contribution is -2.14. The Kier molecular flexibility index (Phi) is 17.8. The maximum absolute atomic E-state index is 5.93. The SMILES string of the molecule is CCCCCCCCCCCCCCC1COC(COCCCCCC)C1. The van der Waals surface area contributed by atoms with Gasteiger partial charge in [0.1, 0.15) is 0 Å². The number of hydrogen-bond acceptors (Lipinski definition) is 2. The van der Waals surface area contributed by atoms with Gasteiger partial charge in [-0.25, -0.2) is 0 Å². The number of hydrogen-bond donors (Lipinski definition) is 0. The molecule has 0 N–H and O–H groups in total. The molecule has 0 spiro atoms.